The molecule has 0 aliphatic carbocycles. The summed E-state index contributed by atoms with van der Waals surface area (Å²) in [5, 5.41) is 29.4. The van der Waals surface area contributed by atoms with Gasteiger partial charge in [-0.1, -0.05) is 0 Å². The molecule has 6 nitrogen and oxygen atoms in total. The zero-order valence-corrected chi connectivity index (χ0v) is 9.91. The van der Waals surface area contributed by atoms with Crippen LogP contribution < -0.4 is 34.7 Å². The number of hydrogen-bond donors (Lipinski definition) is 1. The number of hydrogen-bond acceptors (Lipinski definition) is 5. The maximum Gasteiger partial charge on any atom is 1.00 e. The van der Waals surface area contributed by atoms with Gasteiger partial charge in [-0.25, -0.2) is 0 Å². The number of nitrogens with zero attached hydrogens (tertiary/aromatic N) is 1. The molecule has 74 valence electrons. The van der Waals surface area contributed by atoms with Crippen LogP contribution in [0.1, 0.15) is 11.7 Å². The number of rotatable bonds is 3. The van der Waals surface area contributed by atoms with Crippen molar-refractivity contribution in [2.24, 2.45) is 0 Å². The second-order valence-electron chi connectivity index (χ2n) is 2.57. The predicted molar refractivity (Wildman–Crippen MR) is 43.1 cm³/mol. The zero-order chi connectivity index (χ0) is 10.7. The van der Waals surface area contributed by atoms with Crippen LogP contribution in [0.4, 0.5) is 5.69 Å². The van der Waals surface area contributed by atoms with Crippen LogP contribution in [-0.2, 0) is 4.79 Å². The number of carbonyl (C=O) groups excluding carboxylic acids is 1. The van der Waals surface area contributed by atoms with Crippen molar-refractivity contribution in [3.05, 3.63) is 39.9 Å². The number of aliphatic hydroxyl groups is 1. The quantitative estimate of drug-likeness (QED) is 0.321. The maximum atomic E-state index is 10.2. The van der Waals surface area contributed by atoms with Gasteiger partial charge in [-0.15, -0.1) is 0 Å². The number of nitro groups is 1. The van der Waals surface area contributed by atoms with E-state index >= 15 is 0 Å². The average molecular weight is 219 g/mol. The standard InChI is InChI=1S/C8H7NO5.Na/c10-7(8(11)12)5-1-3-6(4-2-5)9(13)14;/h1-4,7,10H,(H,11,12);/q;+1/p-1/t7-;/m0./s1. The zero-order valence-electron chi connectivity index (χ0n) is 7.91. The summed E-state index contributed by atoms with van der Waals surface area (Å²) in [5.74, 6) is -1.64. The molecule has 0 amide bonds. The first-order chi connectivity index (χ1) is 6.52. The van der Waals surface area contributed by atoms with Crippen LogP contribution in [0.15, 0.2) is 24.3 Å². The summed E-state index contributed by atoms with van der Waals surface area (Å²) in [5.41, 5.74) is -0.116. The first kappa shape index (κ1) is 14.1. The van der Waals surface area contributed by atoms with Crippen molar-refractivity contribution < 1.29 is 49.5 Å². The molecule has 0 aromatic heterocycles. The Morgan fingerprint density at radius 2 is 1.80 bits per heavy atom. The number of non-ortho nitro benzene ring substituents is 1. The van der Waals surface area contributed by atoms with Gasteiger partial charge in [0, 0.05) is 12.1 Å². The smallest absolute Gasteiger partial charge is 0.547 e. The second kappa shape index (κ2) is 5.82. The molecule has 0 bridgehead atoms. The first-order valence-electron chi connectivity index (χ1n) is 3.65. The summed E-state index contributed by atoms with van der Waals surface area (Å²) in [6.07, 6.45) is -1.75. The van der Waals surface area contributed by atoms with Gasteiger partial charge >= 0.3 is 29.6 Å². The number of carboxylic acids is 1. The number of benzene rings is 1. The number of aliphatic carboxylic acids is 1. The fourth-order valence-electron chi connectivity index (χ4n) is 0.914. The van der Waals surface area contributed by atoms with Crippen LogP contribution >= 0.6 is 0 Å². The molecule has 0 radical (unpaired) electrons. The Bertz CT molecular complexity index is 364. The van der Waals surface area contributed by atoms with Gasteiger partial charge in [0.25, 0.3) is 5.69 Å². The van der Waals surface area contributed by atoms with Crippen molar-refractivity contribution in [1.82, 2.24) is 0 Å². The van der Waals surface area contributed by atoms with Gasteiger partial charge in [0.1, 0.15) is 6.10 Å². The van der Waals surface area contributed by atoms with Crippen molar-refractivity contribution in [2.75, 3.05) is 0 Å². The number of aliphatic hydroxyl groups excluding tert-OH is 1. The van der Waals surface area contributed by atoms with Gasteiger partial charge in [-0.2, -0.15) is 0 Å². The molecular weight excluding hydrogens is 213 g/mol. The van der Waals surface area contributed by atoms with Crippen LogP contribution in [0.3, 0.4) is 0 Å². The molecule has 0 spiro atoms. The minimum absolute atomic E-state index is 0. The maximum absolute atomic E-state index is 10.2. The van der Waals surface area contributed by atoms with Crippen LogP contribution in [0, 0.1) is 10.1 Å². The molecule has 7 heteroatoms. The van der Waals surface area contributed by atoms with E-state index in [1.54, 1.807) is 0 Å². The molecule has 1 atom stereocenters. The SMILES string of the molecule is O=C([O-])[C@@H](O)c1ccc([N+](=O)[O-])cc1.[Na+]. The monoisotopic (exact) mass is 219 g/mol. The summed E-state index contributed by atoms with van der Waals surface area (Å²) in [6, 6.07) is 4.56. The van der Waals surface area contributed by atoms with E-state index < -0.39 is 17.0 Å². The average Bonchev–Trinajstić information content (AvgIpc) is 2.16. The molecule has 0 saturated heterocycles. The van der Waals surface area contributed by atoms with Gasteiger partial charge in [0.15, 0.2) is 0 Å². The van der Waals surface area contributed by atoms with E-state index in [4.69, 9.17) is 5.11 Å². The Kier molecular flexibility index (Phi) is 5.45. The van der Waals surface area contributed by atoms with E-state index in [0.29, 0.717) is 0 Å². The minimum Gasteiger partial charge on any atom is -0.547 e. The van der Waals surface area contributed by atoms with Crippen LogP contribution in [0.5, 0.6) is 0 Å². The molecule has 0 fully saturated rings. The van der Waals surface area contributed by atoms with Crippen LogP contribution in [-0.4, -0.2) is 16.0 Å². The van der Waals surface area contributed by atoms with E-state index in [9.17, 15) is 20.0 Å². The largest absolute Gasteiger partial charge is 1.00 e. The summed E-state index contributed by atoms with van der Waals surface area (Å²) in [7, 11) is 0. The Labute approximate surface area is 107 Å². The summed E-state index contributed by atoms with van der Waals surface area (Å²) < 4.78 is 0. The van der Waals surface area contributed by atoms with E-state index in [-0.39, 0.29) is 40.8 Å². The molecule has 0 aliphatic rings. The molecule has 0 unspecified atom stereocenters. The third-order valence-electron chi connectivity index (χ3n) is 1.64. The minimum atomic E-state index is -1.75. The third kappa shape index (κ3) is 3.60. The van der Waals surface area contributed by atoms with Crippen molar-refractivity contribution in [3.8, 4) is 0 Å². The van der Waals surface area contributed by atoms with E-state index in [1.807, 2.05) is 0 Å². The Morgan fingerprint density at radius 3 is 2.13 bits per heavy atom. The van der Waals surface area contributed by atoms with Gasteiger partial charge in [-0.3, -0.25) is 10.1 Å². The van der Waals surface area contributed by atoms with Gasteiger partial charge in [-0.05, 0) is 17.7 Å². The fraction of sp³-hybridized carbons (Fsp3) is 0.125. The second-order valence-corrected chi connectivity index (χ2v) is 2.57. The Morgan fingerprint density at radius 1 is 1.33 bits per heavy atom. The van der Waals surface area contributed by atoms with Crippen molar-refractivity contribution in [2.45, 2.75) is 6.10 Å². The molecule has 1 aromatic rings. The Hall–Kier alpha value is -0.950. The number of carboxylic acid groups (broad SMARTS) is 1. The third-order valence-corrected chi connectivity index (χ3v) is 1.64. The van der Waals surface area contributed by atoms with E-state index in [0.717, 1.165) is 12.1 Å². The topological polar surface area (TPSA) is 104 Å². The fourth-order valence-corrected chi connectivity index (χ4v) is 0.914. The first-order valence-corrected chi connectivity index (χ1v) is 3.65. The van der Waals surface area contributed by atoms with Gasteiger partial charge < -0.3 is 15.0 Å². The molecule has 0 saturated carbocycles. The van der Waals surface area contributed by atoms with Crippen LogP contribution in [0.25, 0.3) is 0 Å². The summed E-state index contributed by atoms with van der Waals surface area (Å²) in [6.45, 7) is 0. The van der Waals surface area contributed by atoms with Gasteiger partial charge in [0.2, 0.25) is 0 Å². The molecule has 15 heavy (non-hydrogen) atoms. The summed E-state index contributed by atoms with van der Waals surface area (Å²) in [4.78, 5) is 19.8. The molecule has 1 rings (SSSR count). The van der Waals surface area contributed by atoms with Crippen molar-refractivity contribution >= 4 is 11.7 Å². The van der Waals surface area contributed by atoms with Crippen LogP contribution in [0.2, 0.25) is 0 Å². The molecule has 0 heterocycles. The molecule has 0 aliphatic heterocycles. The number of nitro benzene ring substituents is 1. The van der Waals surface area contributed by atoms with Crippen molar-refractivity contribution in [3.63, 3.8) is 0 Å². The molecule has 1 N–H and O–H groups in total. The number of carbonyl (C=O) groups is 1. The summed E-state index contributed by atoms with van der Waals surface area (Å²) >= 11 is 0. The van der Waals surface area contributed by atoms with E-state index in [2.05, 4.69) is 0 Å². The van der Waals surface area contributed by atoms with Crippen molar-refractivity contribution in [1.29, 1.82) is 0 Å². The Balaban J connectivity index is 0.00000196. The normalized spacial score (nSPS) is 11.3. The molecular formula is C8H6NNaO5. The van der Waals surface area contributed by atoms with Gasteiger partial charge in [0.05, 0.1) is 10.9 Å². The van der Waals surface area contributed by atoms with E-state index in [1.165, 1.54) is 12.1 Å². The predicted octanol–water partition coefficient (Wildman–Crippen LogP) is -3.62. The molecule has 1 aromatic carbocycles.